The fraction of sp³-hybridized carbons (Fsp3) is 1.00. The minimum absolute atomic E-state index is 0.252. The van der Waals surface area contributed by atoms with Crippen molar-refractivity contribution in [2.45, 2.75) is 76.3 Å². The smallest absolute Gasteiger partial charge is 0.375 e. The number of ether oxygens (including phenoxy) is 1. The number of hydrogen-bond acceptors (Lipinski definition) is 1. The van der Waals surface area contributed by atoms with E-state index in [-0.39, 0.29) is 6.61 Å². The van der Waals surface area contributed by atoms with E-state index in [2.05, 4.69) is 11.7 Å². The maximum absolute atomic E-state index is 12.9. The molecule has 0 rings (SSSR count). The van der Waals surface area contributed by atoms with E-state index >= 15 is 0 Å². The first kappa shape index (κ1) is 21.5. The van der Waals surface area contributed by atoms with E-state index in [4.69, 9.17) is 0 Å². The molecule has 0 saturated carbocycles. The van der Waals surface area contributed by atoms with Crippen molar-refractivity contribution >= 4 is 0 Å². The maximum Gasteiger partial charge on any atom is 0.459 e. The minimum atomic E-state index is -6.29. The van der Waals surface area contributed by atoms with Crippen LogP contribution in [0.3, 0.4) is 0 Å². The Morgan fingerprint density at radius 3 is 1.59 bits per heavy atom. The summed E-state index contributed by atoms with van der Waals surface area (Å²) in [6.07, 6.45) is 1.09. The first-order valence-electron chi connectivity index (χ1n) is 7.46. The Morgan fingerprint density at radius 1 is 0.682 bits per heavy atom. The van der Waals surface area contributed by atoms with E-state index in [0.717, 1.165) is 38.5 Å². The molecule has 0 aromatic heterocycles. The molecule has 0 unspecified atom stereocenters. The summed E-state index contributed by atoms with van der Waals surface area (Å²) >= 11 is 0. The number of unbranched alkanes of at least 4 members (excludes halogenated alkanes) is 7. The third-order valence-electron chi connectivity index (χ3n) is 3.24. The minimum Gasteiger partial charge on any atom is -0.375 e. The molecule has 0 aliphatic rings. The molecule has 0 N–H and O–H groups in total. The summed E-state index contributed by atoms with van der Waals surface area (Å²) < 4.78 is 90.6. The normalized spacial score (nSPS) is 13.6. The van der Waals surface area contributed by atoms with Crippen molar-refractivity contribution in [1.82, 2.24) is 0 Å². The second-order valence-corrected chi connectivity index (χ2v) is 5.30. The van der Waals surface area contributed by atoms with Crippen LogP contribution in [0.4, 0.5) is 30.7 Å². The fourth-order valence-electron chi connectivity index (χ4n) is 1.84. The van der Waals surface area contributed by atoms with Gasteiger partial charge in [-0.1, -0.05) is 51.9 Å². The zero-order valence-electron chi connectivity index (χ0n) is 12.6. The quantitative estimate of drug-likeness (QED) is 0.314. The lowest BCUT2D eigenvalue weighted by Gasteiger charge is -2.27. The van der Waals surface area contributed by atoms with Gasteiger partial charge in [-0.25, -0.2) is 0 Å². The summed E-state index contributed by atoms with van der Waals surface area (Å²) in [4.78, 5) is 0. The first-order valence-corrected chi connectivity index (χ1v) is 7.46. The Labute approximate surface area is 126 Å². The van der Waals surface area contributed by atoms with Crippen molar-refractivity contribution in [2.24, 2.45) is 0 Å². The lowest BCUT2D eigenvalue weighted by molar-refractivity contribution is -0.361. The van der Waals surface area contributed by atoms with Crippen LogP contribution in [0.15, 0.2) is 0 Å². The van der Waals surface area contributed by atoms with Gasteiger partial charge in [-0.2, -0.15) is 30.7 Å². The van der Waals surface area contributed by atoms with Gasteiger partial charge in [0, 0.05) is 6.61 Å². The SMILES string of the molecule is CCCCCCCCCCOCC(F)(F)C(F)(F)C(F)(F)F. The third-order valence-corrected chi connectivity index (χ3v) is 3.24. The average Bonchev–Trinajstić information content (AvgIpc) is 2.39. The Morgan fingerprint density at radius 2 is 1.14 bits per heavy atom. The van der Waals surface area contributed by atoms with E-state index in [1.165, 1.54) is 0 Å². The standard InChI is InChI=1S/C14H23F7O/c1-2-3-4-5-6-7-8-9-10-22-11-12(15,16)13(17,18)14(19,20)21/h2-11H2,1H3. The summed E-state index contributed by atoms with van der Waals surface area (Å²) in [6, 6.07) is 0. The van der Waals surface area contributed by atoms with Gasteiger partial charge in [-0.05, 0) is 6.42 Å². The monoisotopic (exact) mass is 340 g/mol. The van der Waals surface area contributed by atoms with Gasteiger partial charge in [-0.15, -0.1) is 0 Å². The van der Waals surface area contributed by atoms with E-state index in [0.29, 0.717) is 12.8 Å². The van der Waals surface area contributed by atoms with Crippen LogP contribution in [-0.4, -0.2) is 31.2 Å². The topological polar surface area (TPSA) is 9.23 Å². The molecule has 0 aliphatic heterocycles. The van der Waals surface area contributed by atoms with Gasteiger partial charge in [-0.3, -0.25) is 0 Å². The molecule has 0 aromatic rings. The van der Waals surface area contributed by atoms with Crippen molar-refractivity contribution in [3.8, 4) is 0 Å². The summed E-state index contributed by atoms with van der Waals surface area (Å²) in [7, 11) is 0. The molecule has 0 saturated heterocycles. The number of hydrogen-bond donors (Lipinski definition) is 0. The van der Waals surface area contributed by atoms with Crippen LogP contribution in [0.5, 0.6) is 0 Å². The van der Waals surface area contributed by atoms with Crippen LogP contribution in [0.25, 0.3) is 0 Å². The largest absolute Gasteiger partial charge is 0.459 e. The number of rotatable bonds is 12. The zero-order chi connectivity index (χ0) is 17.3. The van der Waals surface area contributed by atoms with Crippen molar-refractivity contribution in [3.63, 3.8) is 0 Å². The summed E-state index contributed by atoms with van der Waals surface area (Å²) in [5, 5.41) is 0. The maximum atomic E-state index is 12.9. The van der Waals surface area contributed by atoms with Gasteiger partial charge >= 0.3 is 18.0 Å². The van der Waals surface area contributed by atoms with Gasteiger partial charge < -0.3 is 4.74 Å². The highest BCUT2D eigenvalue weighted by atomic mass is 19.4. The lowest BCUT2D eigenvalue weighted by atomic mass is 10.1. The zero-order valence-corrected chi connectivity index (χ0v) is 12.6. The highest BCUT2D eigenvalue weighted by Gasteiger charge is 2.72. The summed E-state index contributed by atoms with van der Waals surface area (Å²) in [5.41, 5.74) is 0. The predicted molar refractivity (Wildman–Crippen MR) is 69.4 cm³/mol. The van der Waals surface area contributed by atoms with Crippen LogP contribution in [-0.2, 0) is 4.74 Å². The predicted octanol–water partition coefficient (Wildman–Crippen LogP) is 5.98. The molecular formula is C14H23F7O. The Bertz CT molecular complexity index is 289. The molecular weight excluding hydrogens is 317 g/mol. The molecule has 0 radical (unpaired) electrons. The van der Waals surface area contributed by atoms with Crippen molar-refractivity contribution in [3.05, 3.63) is 0 Å². The van der Waals surface area contributed by atoms with Crippen molar-refractivity contribution in [1.29, 1.82) is 0 Å². The molecule has 0 fully saturated rings. The van der Waals surface area contributed by atoms with Crippen molar-refractivity contribution < 1.29 is 35.5 Å². The Balaban J connectivity index is 3.78. The number of halogens is 7. The molecule has 0 spiro atoms. The van der Waals surface area contributed by atoms with E-state index < -0.39 is 24.6 Å². The van der Waals surface area contributed by atoms with Crippen LogP contribution in [0.2, 0.25) is 0 Å². The van der Waals surface area contributed by atoms with Gasteiger partial charge in [0.1, 0.15) is 6.61 Å². The van der Waals surface area contributed by atoms with Gasteiger partial charge in [0.15, 0.2) is 0 Å². The highest BCUT2D eigenvalue weighted by molar-refractivity contribution is 4.90. The van der Waals surface area contributed by atoms with Gasteiger partial charge in [0.25, 0.3) is 0 Å². The highest BCUT2D eigenvalue weighted by Crippen LogP contribution is 2.46. The summed E-state index contributed by atoms with van der Waals surface area (Å²) in [5.74, 6) is -11.3. The first-order chi connectivity index (χ1) is 10.1. The number of alkyl halides is 7. The van der Waals surface area contributed by atoms with E-state index in [1.807, 2.05) is 0 Å². The van der Waals surface area contributed by atoms with Crippen LogP contribution >= 0.6 is 0 Å². The van der Waals surface area contributed by atoms with Gasteiger partial charge in [0.2, 0.25) is 0 Å². The van der Waals surface area contributed by atoms with Crippen LogP contribution in [0.1, 0.15) is 58.3 Å². The lowest BCUT2D eigenvalue weighted by Crippen LogP contribution is -2.54. The second-order valence-electron chi connectivity index (χ2n) is 5.30. The summed E-state index contributed by atoms with van der Waals surface area (Å²) in [6.45, 7) is -0.0933. The van der Waals surface area contributed by atoms with E-state index in [9.17, 15) is 30.7 Å². The molecule has 22 heavy (non-hydrogen) atoms. The third kappa shape index (κ3) is 7.15. The van der Waals surface area contributed by atoms with Crippen LogP contribution < -0.4 is 0 Å². The van der Waals surface area contributed by atoms with Gasteiger partial charge in [0.05, 0.1) is 0 Å². The molecule has 1 nitrogen and oxygen atoms in total. The second kappa shape index (κ2) is 9.57. The molecule has 0 aliphatic carbocycles. The Hall–Kier alpha value is -0.530. The molecule has 0 atom stereocenters. The van der Waals surface area contributed by atoms with Crippen LogP contribution in [0, 0.1) is 0 Å². The average molecular weight is 340 g/mol. The molecule has 0 amide bonds. The molecule has 0 bridgehead atoms. The molecule has 8 heteroatoms. The fourth-order valence-corrected chi connectivity index (χ4v) is 1.84. The van der Waals surface area contributed by atoms with E-state index in [1.54, 1.807) is 0 Å². The molecule has 134 valence electrons. The van der Waals surface area contributed by atoms with Crippen molar-refractivity contribution in [2.75, 3.05) is 13.2 Å². The molecule has 0 heterocycles. The Kier molecular flexibility index (Phi) is 9.34. The molecule has 0 aromatic carbocycles.